The summed E-state index contributed by atoms with van der Waals surface area (Å²) in [6.07, 6.45) is 1.30. The van der Waals surface area contributed by atoms with Gasteiger partial charge in [-0.15, -0.1) is 0 Å². The normalized spacial score (nSPS) is 23.7. The van der Waals surface area contributed by atoms with Crippen LogP contribution in [0.15, 0.2) is 0 Å². The number of amides is 1. The zero-order valence-electron chi connectivity index (χ0n) is 7.58. The Balaban J connectivity index is 2.45. The van der Waals surface area contributed by atoms with Gasteiger partial charge in [0.1, 0.15) is 13.0 Å². The molecule has 0 bridgehead atoms. The van der Waals surface area contributed by atoms with Crippen LogP contribution in [0.1, 0.15) is 19.8 Å². The van der Waals surface area contributed by atoms with Crippen molar-refractivity contribution in [1.29, 1.82) is 0 Å². The van der Waals surface area contributed by atoms with Crippen molar-refractivity contribution in [2.75, 3.05) is 20.4 Å². The molecule has 0 aromatic heterocycles. The second kappa shape index (κ2) is 4.42. The van der Waals surface area contributed by atoms with Gasteiger partial charge in [0.05, 0.1) is 0 Å². The average Bonchev–Trinajstić information content (AvgIpc) is 2.37. The van der Waals surface area contributed by atoms with E-state index in [2.05, 4.69) is 0 Å². The lowest BCUT2D eigenvalue weighted by molar-refractivity contribution is -0.144. The van der Waals surface area contributed by atoms with E-state index in [1.807, 2.05) is 6.92 Å². The SMILES string of the molecule is CCOC1CCC(=O)N1COC. The van der Waals surface area contributed by atoms with E-state index < -0.39 is 0 Å². The van der Waals surface area contributed by atoms with E-state index in [0.29, 0.717) is 19.8 Å². The molecule has 1 heterocycles. The number of carbonyl (C=O) groups is 1. The largest absolute Gasteiger partial charge is 0.364 e. The summed E-state index contributed by atoms with van der Waals surface area (Å²) < 4.78 is 10.3. The first-order chi connectivity index (χ1) is 5.79. The molecule has 1 aliphatic rings. The maximum absolute atomic E-state index is 11.2. The number of carbonyl (C=O) groups excluding carboxylic acids is 1. The number of rotatable bonds is 4. The van der Waals surface area contributed by atoms with Crippen molar-refractivity contribution in [3.63, 3.8) is 0 Å². The molecule has 1 saturated heterocycles. The predicted octanol–water partition coefficient (Wildman–Crippen LogP) is 0.575. The van der Waals surface area contributed by atoms with Crippen molar-refractivity contribution >= 4 is 5.91 Å². The van der Waals surface area contributed by atoms with Crippen LogP contribution in [0.25, 0.3) is 0 Å². The van der Waals surface area contributed by atoms with Crippen molar-refractivity contribution in [3.8, 4) is 0 Å². The number of nitrogens with zero attached hydrogens (tertiary/aromatic N) is 1. The van der Waals surface area contributed by atoms with Crippen LogP contribution < -0.4 is 0 Å². The molecular formula is C8H15NO3. The topological polar surface area (TPSA) is 38.8 Å². The van der Waals surface area contributed by atoms with E-state index in [4.69, 9.17) is 9.47 Å². The quantitative estimate of drug-likeness (QED) is 0.624. The Labute approximate surface area is 72.4 Å². The number of ether oxygens (including phenoxy) is 2. The van der Waals surface area contributed by atoms with E-state index in [0.717, 1.165) is 6.42 Å². The fourth-order valence-corrected chi connectivity index (χ4v) is 1.37. The van der Waals surface area contributed by atoms with Crippen LogP contribution in [0.4, 0.5) is 0 Å². The second-order valence-corrected chi connectivity index (χ2v) is 2.73. The Hall–Kier alpha value is -0.610. The molecular weight excluding hydrogens is 158 g/mol. The summed E-state index contributed by atoms with van der Waals surface area (Å²) in [4.78, 5) is 12.8. The van der Waals surface area contributed by atoms with Crippen LogP contribution in [0, 0.1) is 0 Å². The maximum Gasteiger partial charge on any atom is 0.226 e. The third-order valence-corrected chi connectivity index (χ3v) is 1.90. The monoisotopic (exact) mass is 173 g/mol. The first-order valence-electron chi connectivity index (χ1n) is 4.19. The lowest BCUT2D eigenvalue weighted by Gasteiger charge is -2.23. The molecule has 0 aliphatic carbocycles. The summed E-state index contributed by atoms with van der Waals surface area (Å²) in [5.41, 5.74) is 0. The zero-order chi connectivity index (χ0) is 8.97. The van der Waals surface area contributed by atoms with Gasteiger partial charge < -0.3 is 9.47 Å². The van der Waals surface area contributed by atoms with Gasteiger partial charge in [0.2, 0.25) is 5.91 Å². The Morgan fingerprint density at radius 2 is 2.42 bits per heavy atom. The highest BCUT2D eigenvalue weighted by molar-refractivity contribution is 5.78. The van der Waals surface area contributed by atoms with Gasteiger partial charge >= 0.3 is 0 Å². The standard InChI is InChI=1S/C8H15NO3/c1-3-12-8-5-4-7(10)9(8)6-11-2/h8H,3-6H2,1-2H3. The van der Waals surface area contributed by atoms with Crippen molar-refractivity contribution in [2.45, 2.75) is 26.0 Å². The molecule has 0 spiro atoms. The van der Waals surface area contributed by atoms with Gasteiger partial charge in [0, 0.05) is 26.6 Å². The van der Waals surface area contributed by atoms with Crippen molar-refractivity contribution in [3.05, 3.63) is 0 Å². The van der Waals surface area contributed by atoms with E-state index >= 15 is 0 Å². The van der Waals surface area contributed by atoms with Gasteiger partial charge in [-0.2, -0.15) is 0 Å². The molecule has 4 nitrogen and oxygen atoms in total. The van der Waals surface area contributed by atoms with Crippen LogP contribution in [0.3, 0.4) is 0 Å². The van der Waals surface area contributed by atoms with E-state index in [9.17, 15) is 4.79 Å². The van der Waals surface area contributed by atoms with E-state index in [-0.39, 0.29) is 12.1 Å². The lowest BCUT2D eigenvalue weighted by atomic mass is 10.3. The molecule has 1 atom stereocenters. The zero-order valence-corrected chi connectivity index (χ0v) is 7.58. The minimum absolute atomic E-state index is 0.0672. The molecule has 0 saturated carbocycles. The number of hydrogen-bond donors (Lipinski definition) is 0. The van der Waals surface area contributed by atoms with Gasteiger partial charge in [0.15, 0.2) is 0 Å². The fraction of sp³-hybridized carbons (Fsp3) is 0.875. The highest BCUT2D eigenvalue weighted by Gasteiger charge is 2.30. The van der Waals surface area contributed by atoms with Crippen molar-refractivity contribution in [2.24, 2.45) is 0 Å². The highest BCUT2D eigenvalue weighted by Crippen LogP contribution is 2.18. The van der Waals surface area contributed by atoms with Gasteiger partial charge in [-0.05, 0) is 6.92 Å². The number of likely N-dealkylation sites (tertiary alicyclic amines) is 1. The molecule has 12 heavy (non-hydrogen) atoms. The third-order valence-electron chi connectivity index (χ3n) is 1.90. The summed E-state index contributed by atoms with van der Waals surface area (Å²) in [6.45, 7) is 2.90. The Kier molecular flexibility index (Phi) is 3.49. The number of methoxy groups -OCH3 is 1. The van der Waals surface area contributed by atoms with Crippen LogP contribution >= 0.6 is 0 Å². The molecule has 1 unspecified atom stereocenters. The first kappa shape index (κ1) is 9.48. The average molecular weight is 173 g/mol. The molecule has 1 amide bonds. The summed E-state index contributed by atoms with van der Waals surface area (Å²) >= 11 is 0. The molecule has 1 aliphatic heterocycles. The van der Waals surface area contributed by atoms with Gasteiger partial charge in [0.25, 0.3) is 0 Å². The van der Waals surface area contributed by atoms with Crippen molar-refractivity contribution < 1.29 is 14.3 Å². The second-order valence-electron chi connectivity index (χ2n) is 2.73. The summed E-state index contributed by atoms with van der Waals surface area (Å²) in [6, 6.07) is 0. The molecule has 0 aromatic rings. The summed E-state index contributed by atoms with van der Waals surface area (Å²) in [7, 11) is 1.58. The lowest BCUT2D eigenvalue weighted by Crippen LogP contribution is -2.36. The summed E-state index contributed by atoms with van der Waals surface area (Å²) in [5.74, 6) is 0.121. The first-order valence-corrected chi connectivity index (χ1v) is 4.19. The Bertz CT molecular complexity index is 160. The molecule has 1 fully saturated rings. The minimum Gasteiger partial charge on any atom is -0.364 e. The van der Waals surface area contributed by atoms with Crippen LogP contribution in [0.5, 0.6) is 0 Å². The van der Waals surface area contributed by atoms with Crippen LogP contribution in [-0.2, 0) is 14.3 Å². The fourth-order valence-electron chi connectivity index (χ4n) is 1.37. The Morgan fingerprint density at radius 3 is 3.00 bits per heavy atom. The smallest absolute Gasteiger partial charge is 0.226 e. The third kappa shape index (κ3) is 1.95. The van der Waals surface area contributed by atoms with Crippen LogP contribution in [-0.4, -0.2) is 37.5 Å². The van der Waals surface area contributed by atoms with E-state index in [1.165, 1.54) is 0 Å². The maximum atomic E-state index is 11.2. The van der Waals surface area contributed by atoms with Crippen LogP contribution in [0.2, 0.25) is 0 Å². The van der Waals surface area contributed by atoms with E-state index in [1.54, 1.807) is 12.0 Å². The number of hydrogen-bond acceptors (Lipinski definition) is 3. The minimum atomic E-state index is -0.0672. The summed E-state index contributed by atoms with van der Waals surface area (Å²) in [5, 5.41) is 0. The van der Waals surface area contributed by atoms with Gasteiger partial charge in [-0.25, -0.2) is 0 Å². The molecule has 0 aromatic carbocycles. The van der Waals surface area contributed by atoms with Gasteiger partial charge in [-0.3, -0.25) is 9.69 Å². The molecule has 1 rings (SSSR count). The molecule has 0 N–H and O–H groups in total. The molecule has 4 heteroatoms. The Morgan fingerprint density at radius 1 is 1.67 bits per heavy atom. The predicted molar refractivity (Wildman–Crippen MR) is 43.4 cm³/mol. The highest BCUT2D eigenvalue weighted by atomic mass is 16.5. The molecule has 70 valence electrons. The van der Waals surface area contributed by atoms with Crippen molar-refractivity contribution in [1.82, 2.24) is 4.90 Å². The van der Waals surface area contributed by atoms with Gasteiger partial charge in [-0.1, -0.05) is 0 Å². The molecule has 0 radical (unpaired) electrons.